The number of rotatable bonds is 4. The van der Waals surface area contributed by atoms with E-state index in [0.29, 0.717) is 22.5 Å². The van der Waals surface area contributed by atoms with Gasteiger partial charge in [-0.1, -0.05) is 17.7 Å². The van der Waals surface area contributed by atoms with Crippen molar-refractivity contribution in [2.24, 2.45) is 0 Å². The number of hydrogen-bond acceptors (Lipinski definition) is 6. The normalized spacial score (nSPS) is 14.1. The summed E-state index contributed by atoms with van der Waals surface area (Å²) in [7, 11) is 1.56. The van der Waals surface area contributed by atoms with Crippen molar-refractivity contribution in [2.75, 3.05) is 17.7 Å². The maximum atomic E-state index is 12.2. The van der Waals surface area contributed by atoms with Crippen LogP contribution in [-0.2, 0) is 4.79 Å². The molecule has 0 aliphatic carbocycles. The molecule has 132 valence electrons. The average Bonchev–Trinajstić information content (AvgIpc) is 2.88. The molecule has 0 radical (unpaired) electrons. The number of carbonyl (C=O) groups excluding carboxylic acids is 1. The summed E-state index contributed by atoms with van der Waals surface area (Å²) in [6, 6.07) is 6.94. The van der Waals surface area contributed by atoms with Gasteiger partial charge in [-0.25, -0.2) is 0 Å². The first-order valence-corrected chi connectivity index (χ1v) is 7.67. The van der Waals surface area contributed by atoms with Crippen molar-refractivity contribution in [3.8, 4) is 0 Å². The number of carbonyl (C=O) groups is 1. The number of nitrogens with zero attached hydrogens (tertiary/aromatic N) is 2. The summed E-state index contributed by atoms with van der Waals surface area (Å²) >= 11 is 5.85. The van der Waals surface area contributed by atoms with Crippen LogP contribution in [0, 0.1) is 20.2 Å². The van der Waals surface area contributed by atoms with Gasteiger partial charge < -0.3 is 10.6 Å². The molecular formula is C16H11ClN4O5. The van der Waals surface area contributed by atoms with Crippen LogP contribution in [0.5, 0.6) is 0 Å². The molecule has 26 heavy (non-hydrogen) atoms. The molecule has 2 N–H and O–H groups in total. The summed E-state index contributed by atoms with van der Waals surface area (Å²) < 4.78 is 0. The maximum absolute atomic E-state index is 12.2. The third-order valence-corrected chi connectivity index (χ3v) is 4.17. The van der Waals surface area contributed by atoms with Crippen molar-refractivity contribution >= 4 is 51.9 Å². The van der Waals surface area contributed by atoms with Crippen LogP contribution in [0.25, 0.3) is 11.6 Å². The molecule has 0 unspecified atom stereocenters. The van der Waals surface area contributed by atoms with E-state index >= 15 is 0 Å². The number of nitrogens with one attached hydrogen (secondary N) is 2. The molecule has 1 aliphatic heterocycles. The molecule has 0 aromatic heterocycles. The fraction of sp³-hybridized carbons (Fsp3) is 0.0625. The topological polar surface area (TPSA) is 127 Å². The molecule has 0 saturated heterocycles. The molecule has 1 aliphatic rings. The molecule has 0 fully saturated rings. The zero-order chi connectivity index (χ0) is 19.0. The Morgan fingerprint density at radius 3 is 2.42 bits per heavy atom. The van der Waals surface area contributed by atoms with Crippen molar-refractivity contribution in [3.63, 3.8) is 0 Å². The summed E-state index contributed by atoms with van der Waals surface area (Å²) in [5, 5.41) is 27.4. The molecule has 0 saturated carbocycles. The minimum Gasteiger partial charge on any atom is -0.383 e. The summed E-state index contributed by atoms with van der Waals surface area (Å²) in [4.78, 5) is 33.3. The second-order valence-electron chi connectivity index (χ2n) is 5.40. The Hall–Kier alpha value is -3.46. The molecule has 1 amide bonds. The molecule has 2 aromatic rings. The fourth-order valence-corrected chi connectivity index (χ4v) is 2.88. The third kappa shape index (κ3) is 2.95. The number of anilines is 2. The Bertz CT molecular complexity index is 1000. The standard InChI is InChI=1S/C16H11ClN4O5/c1-18-12-3-2-8(5-15(12)21(25)26)4-10-9-6-14(20(23)24)11(17)7-13(9)19-16(10)22/h2-7,18H,1H3,(H,19,22)/b10-4+. The summed E-state index contributed by atoms with van der Waals surface area (Å²) in [5.41, 5.74) is 1.07. The van der Waals surface area contributed by atoms with Crippen LogP contribution in [0.1, 0.15) is 11.1 Å². The molecule has 9 nitrogen and oxygen atoms in total. The lowest BCUT2D eigenvalue weighted by molar-refractivity contribution is -0.384. The van der Waals surface area contributed by atoms with Crippen LogP contribution >= 0.6 is 11.6 Å². The van der Waals surface area contributed by atoms with Gasteiger partial charge in [0.2, 0.25) is 0 Å². The second kappa shape index (κ2) is 6.45. The summed E-state index contributed by atoms with van der Waals surface area (Å²) in [6.07, 6.45) is 1.44. The van der Waals surface area contributed by atoms with Crippen molar-refractivity contribution < 1.29 is 14.6 Å². The van der Waals surface area contributed by atoms with Gasteiger partial charge in [0, 0.05) is 30.3 Å². The monoisotopic (exact) mass is 374 g/mol. The largest absolute Gasteiger partial charge is 0.383 e. The summed E-state index contributed by atoms with van der Waals surface area (Å²) in [6.45, 7) is 0. The highest BCUT2D eigenvalue weighted by Gasteiger charge is 2.28. The third-order valence-electron chi connectivity index (χ3n) is 3.87. The van der Waals surface area contributed by atoms with Crippen LogP contribution in [0.4, 0.5) is 22.7 Å². The van der Waals surface area contributed by atoms with Gasteiger partial charge in [-0.15, -0.1) is 0 Å². The molecular weight excluding hydrogens is 364 g/mol. The van der Waals surface area contributed by atoms with E-state index in [1.807, 2.05) is 0 Å². The summed E-state index contributed by atoms with van der Waals surface area (Å²) in [5.74, 6) is -0.475. The van der Waals surface area contributed by atoms with E-state index in [-0.39, 0.29) is 22.0 Å². The molecule has 1 heterocycles. The van der Waals surface area contributed by atoms with Crippen LogP contribution < -0.4 is 10.6 Å². The van der Waals surface area contributed by atoms with E-state index in [1.54, 1.807) is 13.1 Å². The van der Waals surface area contributed by atoms with Crippen molar-refractivity contribution in [1.82, 2.24) is 0 Å². The highest BCUT2D eigenvalue weighted by Crippen LogP contribution is 2.40. The first kappa shape index (κ1) is 17.4. The van der Waals surface area contributed by atoms with Gasteiger partial charge in [0.25, 0.3) is 17.3 Å². The molecule has 2 aromatic carbocycles. The lowest BCUT2D eigenvalue weighted by atomic mass is 10.0. The number of halogens is 1. The predicted octanol–water partition coefficient (Wildman–Crippen LogP) is 3.69. The van der Waals surface area contributed by atoms with E-state index in [0.717, 1.165) is 0 Å². The van der Waals surface area contributed by atoms with Gasteiger partial charge in [-0.2, -0.15) is 0 Å². The van der Waals surface area contributed by atoms with Crippen LogP contribution in [0.15, 0.2) is 30.3 Å². The zero-order valence-electron chi connectivity index (χ0n) is 13.3. The SMILES string of the molecule is CNc1ccc(/C=C2/C(=O)Nc3cc(Cl)c([N+](=O)[O-])cc32)cc1[N+](=O)[O-]. The number of benzene rings is 2. The fourth-order valence-electron chi connectivity index (χ4n) is 2.65. The minimum atomic E-state index is -0.643. The van der Waals surface area contributed by atoms with E-state index in [4.69, 9.17) is 11.6 Å². The highest BCUT2D eigenvalue weighted by atomic mass is 35.5. The van der Waals surface area contributed by atoms with Gasteiger partial charge in [0.15, 0.2) is 0 Å². The predicted molar refractivity (Wildman–Crippen MR) is 97.3 cm³/mol. The number of amides is 1. The molecule has 0 bridgehead atoms. The smallest absolute Gasteiger partial charge is 0.292 e. The second-order valence-corrected chi connectivity index (χ2v) is 5.81. The van der Waals surface area contributed by atoms with E-state index in [1.165, 1.54) is 30.3 Å². The number of nitro benzene ring substituents is 2. The molecule has 10 heteroatoms. The first-order chi connectivity index (χ1) is 12.3. The van der Waals surface area contributed by atoms with Gasteiger partial charge in [-0.3, -0.25) is 25.0 Å². The van der Waals surface area contributed by atoms with Crippen molar-refractivity contribution in [1.29, 1.82) is 0 Å². The van der Waals surface area contributed by atoms with Gasteiger partial charge in [0.05, 0.1) is 15.5 Å². The molecule has 0 atom stereocenters. The molecule has 3 rings (SSSR count). The van der Waals surface area contributed by atoms with Crippen LogP contribution in [0.2, 0.25) is 5.02 Å². The quantitative estimate of drug-likeness (QED) is 0.477. The lowest BCUT2D eigenvalue weighted by Crippen LogP contribution is -2.03. The number of hydrogen-bond donors (Lipinski definition) is 2. The van der Waals surface area contributed by atoms with Crippen LogP contribution in [-0.4, -0.2) is 22.8 Å². The van der Waals surface area contributed by atoms with E-state index < -0.39 is 15.8 Å². The lowest BCUT2D eigenvalue weighted by Gasteiger charge is -2.04. The Morgan fingerprint density at radius 2 is 1.81 bits per heavy atom. The number of fused-ring (bicyclic) bond motifs is 1. The Labute approximate surface area is 151 Å². The molecule has 0 spiro atoms. The van der Waals surface area contributed by atoms with E-state index in [9.17, 15) is 25.0 Å². The van der Waals surface area contributed by atoms with Crippen molar-refractivity contribution in [2.45, 2.75) is 0 Å². The van der Waals surface area contributed by atoms with E-state index in [2.05, 4.69) is 10.6 Å². The Morgan fingerprint density at radius 1 is 1.12 bits per heavy atom. The zero-order valence-corrected chi connectivity index (χ0v) is 14.0. The average molecular weight is 375 g/mol. The first-order valence-electron chi connectivity index (χ1n) is 7.29. The van der Waals surface area contributed by atoms with Gasteiger partial charge in [-0.05, 0) is 23.8 Å². The Balaban J connectivity index is 2.13. The highest BCUT2D eigenvalue weighted by molar-refractivity contribution is 6.37. The van der Waals surface area contributed by atoms with Gasteiger partial charge in [0.1, 0.15) is 10.7 Å². The van der Waals surface area contributed by atoms with Crippen molar-refractivity contribution in [3.05, 3.63) is 66.7 Å². The minimum absolute atomic E-state index is 0.0932. The Kier molecular flexibility index (Phi) is 4.31. The number of nitro groups is 2. The van der Waals surface area contributed by atoms with Gasteiger partial charge >= 0.3 is 0 Å². The maximum Gasteiger partial charge on any atom is 0.292 e. The van der Waals surface area contributed by atoms with Crippen LogP contribution in [0.3, 0.4) is 0 Å².